The summed E-state index contributed by atoms with van der Waals surface area (Å²) in [7, 11) is -3.83. The molecule has 3 aromatic rings. The molecule has 2 N–H and O–H groups in total. The molecule has 3 atom stereocenters. The number of nitrogens with zero attached hydrogens (tertiary/aromatic N) is 1. The first-order valence-electron chi connectivity index (χ1n) is 10.4. The molecule has 0 radical (unpaired) electrons. The first kappa shape index (κ1) is 21.5. The number of halogens is 1. The number of benzene rings is 3. The summed E-state index contributed by atoms with van der Waals surface area (Å²) in [4.78, 5) is 11.4. The Labute approximate surface area is 196 Å². The average molecular weight is 482 g/mol. The number of para-hydroxylation sites is 1. The molecule has 168 valence electrons. The Balaban J connectivity index is 1.51. The van der Waals surface area contributed by atoms with Crippen LogP contribution in [-0.2, 0) is 10.0 Å². The molecule has 1 heterocycles. The minimum absolute atomic E-state index is 0.0393. The third kappa shape index (κ3) is 3.96. The van der Waals surface area contributed by atoms with Crippen molar-refractivity contribution >= 4 is 38.7 Å². The maximum absolute atomic E-state index is 13.0. The molecule has 5 rings (SSSR count). The van der Waals surface area contributed by atoms with E-state index in [9.17, 15) is 18.5 Å². The van der Waals surface area contributed by atoms with Crippen LogP contribution in [0, 0.1) is 16.0 Å². The van der Waals surface area contributed by atoms with Crippen molar-refractivity contribution in [3.05, 3.63) is 105 Å². The van der Waals surface area contributed by atoms with E-state index >= 15 is 0 Å². The highest BCUT2D eigenvalue weighted by Gasteiger charge is 2.40. The Hall–Kier alpha value is -3.36. The zero-order chi connectivity index (χ0) is 23.2. The molecule has 0 saturated heterocycles. The van der Waals surface area contributed by atoms with Gasteiger partial charge >= 0.3 is 0 Å². The van der Waals surface area contributed by atoms with Gasteiger partial charge in [0.25, 0.3) is 15.7 Å². The van der Waals surface area contributed by atoms with Gasteiger partial charge in [-0.2, -0.15) is 0 Å². The SMILES string of the molecule is O=[N+]([O-])c1ccccc1[C@H]1Nc2ccc(S(=O)(=O)Nc3cccc(Cl)c3)cc2[C@H]2C=CC[C@H]21. The molecule has 7 nitrogen and oxygen atoms in total. The topological polar surface area (TPSA) is 101 Å². The summed E-state index contributed by atoms with van der Waals surface area (Å²) < 4.78 is 28.6. The molecular formula is C24H20ClN3O4S. The van der Waals surface area contributed by atoms with Crippen molar-refractivity contribution in [3.8, 4) is 0 Å². The maximum atomic E-state index is 13.0. The van der Waals surface area contributed by atoms with Crippen LogP contribution in [-0.4, -0.2) is 13.3 Å². The monoisotopic (exact) mass is 481 g/mol. The van der Waals surface area contributed by atoms with Gasteiger partial charge in [-0.1, -0.05) is 48.0 Å². The number of hydrogen-bond donors (Lipinski definition) is 2. The molecule has 0 saturated carbocycles. The number of hydrogen-bond acceptors (Lipinski definition) is 5. The summed E-state index contributed by atoms with van der Waals surface area (Å²) >= 11 is 5.98. The number of rotatable bonds is 5. The van der Waals surface area contributed by atoms with Crippen molar-refractivity contribution in [2.75, 3.05) is 10.0 Å². The van der Waals surface area contributed by atoms with Gasteiger partial charge in [0.05, 0.1) is 27.1 Å². The van der Waals surface area contributed by atoms with Crippen LogP contribution < -0.4 is 10.0 Å². The normalized spacial score (nSPS) is 21.1. The predicted molar refractivity (Wildman–Crippen MR) is 128 cm³/mol. The summed E-state index contributed by atoms with van der Waals surface area (Å²) in [5, 5.41) is 15.5. The second-order valence-electron chi connectivity index (χ2n) is 8.16. The highest BCUT2D eigenvalue weighted by Crippen LogP contribution is 2.51. The van der Waals surface area contributed by atoms with E-state index < -0.39 is 10.0 Å². The number of allylic oxidation sites excluding steroid dienone is 2. The van der Waals surface area contributed by atoms with Crippen LogP contribution in [0.15, 0.2) is 83.8 Å². The van der Waals surface area contributed by atoms with Crippen LogP contribution in [0.25, 0.3) is 0 Å². The van der Waals surface area contributed by atoms with Gasteiger partial charge in [-0.25, -0.2) is 8.42 Å². The van der Waals surface area contributed by atoms with Crippen molar-refractivity contribution in [2.24, 2.45) is 5.92 Å². The van der Waals surface area contributed by atoms with E-state index in [2.05, 4.69) is 22.2 Å². The first-order chi connectivity index (χ1) is 15.8. The van der Waals surface area contributed by atoms with Crippen LogP contribution in [0.2, 0.25) is 5.02 Å². The highest BCUT2D eigenvalue weighted by atomic mass is 35.5. The summed E-state index contributed by atoms with van der Waals surface area (Å²) in [6.45, 7) is 0. The molecule has 9 heteroatoms. The van der Waals surface area contributed by atoms with E-state index in [-0.39, 0.29) is 33.4 Å². The Kier molecular flexibility index (Phi) is 5.34. The third-order valence-electron chi connectivity index (χ3n) is 6.19. The van der Waals surface area contributed by atoms with Gasteiger partial charge in [-0.3, -0.25) is 14.8 Å². The van der Waals surface area contributed by atoms with Crippen LogP contribution in [0.1, 0.15) is 29.5 Å². The number of nitro benzene ring substituents is 1. The lowest BCUT2D eigenvalue weighted by Crippen LogP contribution is -2.30. The fourth-order valence-electron chi connectivity index (χ4n) is 4.73. The Morgan fingerprint density at radius 2 is 1.85 bits per heavy atom. The summed E-state index contributed by atoms with van der Waals surface area (Å²) in [6, 6.07) is 18.0. The zero-order valence-electron chi connectivity index (χ0n) is 17.3. The predicted octanol–water partition coefficient (Wildman–Crippen LogP) is 5.88. The highest BCUT2D eigenvalue weighted by molar-refractivity contribution is 7.92. The minimum atomic E-state index is -3.83. The fraction of sp³-hybridized carbons (Fsp3) is 0.167. The van der Waals surface area contributed by atoms with E-state index in [1.807, 2.05) is 0 Å². The summed E-state index contributed by atoms with van der Waals surface area (Å²) in [5.74, 6) is -0.00942. The van der Waals surface area contributed by atoms with Gasteiger partial charge in [0.2, 0.25) is 0 Å². The number of anilines is 2. The number of nitro groups is 1. The van der Waals surface area contributed by atoms with Crippen molar-refractivity contribution in [1.29, 1.82) is 0 Å². The van der Waals surface area contributed by atoms with Gasteiger partial charge in [0, 0.05) is 22.7 Å². The Morgan fingerprint density at radius 3 is 2.64 bits per heavy atom. The van der Waals surface area contributed by atoms with Gasteiger partial charge < -0.3 is 5.32 Å². The number of sulfonamides is 1. The lowest BCUT2D eigenvalue weighted by molar-refractivity contribution is -0.385. The second-order valence-corrected chi connectivity index (χ2v) is 10.3. The number of fused-ring (bicyclic) bond motifs is 3. The van der Waals surface area contributed by atoms with Crippen molar-refractivity contribution < 1.29 is 13.3 Å². The van der Waals surface area contributed by atoms with E-state index in [1.165, 1.54) is 12.1 Å². The van der Waals surface area contributed by atoms with Crippen molar-refractivity contribution in [1.82, 2.24) is 0 Å². The summed E-state index contributed by atoms with van der Waals surface area (Å²) in [6.07, 6.45) is 4.86. The Morgan fingerprint density at radius 1 is 1.03 bits per heavy atom. The average Bonchev–Trinajstić information content (AvgIpc) is 3.28. The summed E-state index contributed by atoms with van der Waals surface area (Å²) in [5.41, 5.74) is 2.72. The molecule has 0 amide bonds. The lowest BCUT2D eigenvalue weighted by atomic mass is 9.76. The van der Waals surface area contributed by atoms with Gasteiger partial charge in [-0.05, 0) is 54.3 Å². The molecule has 1 aliphatic carbocycles. The van der Waals surface area contributed by atoms with Gasteiger partial charge in [-0.15, -0.1) is 0 Å². The van der Waals surface area contributed by atoms with E-state index in [4.69, 9.17) is 11.6 Å². The molecule has 1 aliphatic heterocycles. The van der Waals surface area contributed by atoms with Crippen molar-refractivity contribution in [3.63, 3.8) is 0 Å². The van der Waals surface area contributed by atoms with E-state index in [1.54, 1.807) is 54.6 Å². The maximum Gasteiger partial charge on any atom is 0.274 e. The molecule has 0 spiro atoms. The van der Waals surface area contributed by atoms with Crippen LogP contribution in [0.4, 0.5) is 17.1 Å². The molecule has 33 heavy (non-hydrogen) atoms. The third-order valence-corrected chi connectivity index (χ3v) is 7.80. The molecular weight excluding hydrogens is 462 g/mol. The number of nitrogens with one attached hydrogen (secondary N) is 2. The van der Waals surface area contributed by atoms with E-state index in [0.29, 0.717) is 16.3 Å². The smallest absolute Gasteiger partial charge is 0.274 e. The van der Waals surface area contributed by atoms with Crippen LogP contribution >= 0.6 is 11.6 Å². The molecule has 3 aromatic carbocycles. The van der Waals surface area contributed by atoms with E-state index in [0.717, 1.165) is 17.7 Å². The van der Waals surface area contributed by atoms with Crippen molar-refractivity contribution in [2.45, 2.75) is 23.3 Å². The first-order valence-corrected chi connectivity index (χ1v) is 12.3. The molecule has 0 unspecified atom stereocenters. The van der Waals surface area contributed by atoms with Gasteiger partial charge in [0.15, 0.2) is 0 Å². The molecule has 0 fully saturated rings. The molecule has 2 aliphatic rings. The quantitative estimate of drug-likeness (QED) is 0.269. The fourth-order valence-corrected chi connectivity index (χ4v) is 6.01. The molecule has 0 bridgehead atoms. The standard InChI is InChI=1S/C24H20ClN3O4S/c25-15-5-3-6-16(13-15)27-33(31,32)17-11-12-22-21(14-17)18-8-4-9-19(18)24(26-22)20-7-1-2-10-23(20)28(29)30/h1-8,10-14,18-19,24,26-27H,9H2/t18-,19+,24-/m0/s1. The minimum Gasteiger partial charge on any atom is -0.377 e. The second kappa shape index (κ2) is 8.20. The largest absolute Gasteiger partial charge is 0.377 e. The van der Waals surface area contributed by atoms with Crippen LogP contribution in [0.5, 0.6) is 0 Å². The Bertz CT molecular complexity index is 1390. The zero-order valence-corrected chi connectivity index (χ0v) is 18.9. The lowest BCUT2D eigenvalue weighted by Gasteiger charge is -2.37. The van der Waals surface area contributed by atoms with Crippen LogP contribution in [0.3, 0.4) is 0 Å². The van der Waals surface area contributed by atoms with Gasteiger partial charge in [0.1, 0.15) is 0 Å². The molecule has 0 aromatic heterocycles.